The first-order valence-corrected chi connectivity index (χ1v) is 5.83. The number of aliphatic hydroxyl groups is 3. The molecule has 2 rings (SSSR count). The lowest BCUT2D eigenvalue weighted by molar-refractivity contribution is -0.0531. The van der Waals surface area contributed by atoms with Crippen LogP contribution in [-0.2, 0) is 4.74 Å². The maximum Gasteiger partial charge on any atom is 0.165 e. The minimum Gasteiger partial charge on any atom is -0.394 e. The molecule has 4 atom stereocenters. The van der Waals surface area contributed by atoms with Gasteiger partial charge in [-0.05, 0) is 18.4 Å². The highest BCUT2D eigenvalue weighted by molar-refractivity contribution is 5.63. The third kappa shape index (κ3) is 2.17. The molecule has 1 aromatic heterocycles. The molecule has 0 aliphatic carbocycles. The molecule has 0 bridgehead atoms. The van der Waals surface area contributed by atoms with Crippen molar-refractivity contribution < 1.29 is 20.1 Å². The molecule has 0 radical (unpaired) electrons. The molecule has 0 spiro atoms. The van der Waals surface area contributed by atoms with Crippen molar-refractivity contribution in [2.45, 2.75) is 31.5 Å². The molecule has 0 amide bonds. The maximum absolute atomic E-state index is 9.95. The second-order valence-electron chi connectivity index (χ2n) is 4.50. The first kappa shape index (κ1) is 13.8. The van der Waals surface area contributed by atoms with Crippen molar-refractivity contribution in [1.29, 1.82) is 0 Å². The number of rotatable bonds is 3. The predicted molar refractivity (Wildman–Crippen MR) is 67.9 cm³/mol. The minimum atomic E-state index is -1.18. The summed E-state index contributed by atoms with van der Waals surface area (Å²) in [6.07, 6.45) is 2.80. The van der Waals surface area contributed by atoms with E-state index >= 15 is 0 Å². The van der Waals surface area contributed by atoms with Crippen LogP contribution in [0, 0.1) is 12.3 Å². The Morgan fingerprint density at radius 2 is 2.26 bits per heavy atom. The first-order valence-electron chi connectivity index (χ1n) is 5.83. The zero-order valence-electron chi connectivity index (χ0n) is 10.5. The maximum atomic E-state index is 9.95. The van der Waals surface area contributed by atoms with Crippen LogP contribution in [0.25, 0.3) is 5.57 Å². The van der Waals surface area contributed by atoms with Crippen LogP contribution in [0.5, 0.6) is 0 Å². The molecular weight excluding hydrogens is 248 g/mol. The number of terminal acetylenes is 1. The number of nitrogens with zero attached hydrogens (tertiary/aromatic N) is 2. The standard InChI is InChI=1S/C13H16N2O4/c1-4-8-10(7(2)3)14-6-15(8)13-12(18)11(17)9(5-16)19-13/h1,6,9,11-13,16-18H,2,5H2,3H3. The van der Waals surface area contributed by atoms with Crippen molar-refractivity contribution in [1.82, 2.24) is 9.55 Å². The van der Waals surface area contributed by atoms with Gasteiger partial charge < -0.3 is 20.1 Å². The van der Waals surface area contributed by atoms with E-state index in [9.17, 15) is 10.2 Å². The molecule has 2 heterocycles. The summed E-state index contributed by atoms with van der Waals surface area (Å²) in [6.45, 7) is 5.16. The Hall–Kier alpha value is -1.65. The Balaban J connectivity index is 2.39. The zero-order chi connectivity index (χ0) is 14.2. The van der Waals surface area contributed by atoms with E-state index in [1.807, 2.05) is 0 Å². The molecule has 1 aromatic rings. The Morgan fingerprint density at radius 1 is 1.58 bits per heavy atom. The van der Waals surface area contributed by atoms with Crippen LogP contribution in [0.2, 0.25) is 0 Å². The van der Waals surface area contributed by atoms with Crippen LogP contribution < -0.4 is 0 Å². The highest BCUT2D eigenvalue weighted by Crippen LogP contribution is 2.31. The Morgan fingerprint density at radius 3 is 2.74 bits per heavy atom. The van der Waals surface area contributed by atoms with Crippen molar-refractivity contribution in [2.75, 3.05) is 6.61 Å². The van der Waals surface area contributed by atoms with E-state index in [4.69, 9.17) is 16.3 Å². The number of hydrogen-bond donors (Lipinski definition) is 3. The summed E-state index contributed by atoms with van der Waals surface area (Å²) >= 11 is 0. The van der Waals surface area contributed by atoms with Gasteiger partial charge in [0, 0.05) is 0 Å². The summed E-state index contributed by atoms with van der Waals surface area (Å²) in [5, 5.41) is 28.7. The van der Waals surface area contributed by atoms with Gasteiger partial charge in [0.1, 0.15) is 24.0 Å². The molecule has 6 heteroatoms. The number of allylic oxidation sites excluding steroid dienone is 1. The van der Waals surface area contributed by atoms with E-state index in [-0.39, 0.29) is 6.61 Å². The fourth-order valence-corrected chi connectivity index (χ4v) is 2.12. The monoisotopic (exact) mass is 264 g/mol. The Labute approximate surface area is 111 Å². The lowest BCUT2D eigenvalue weighted by atomic mass is 10.1. The minimum absolute atomic E-state index is 0.387. The van der Waals surface area contributed by atoms with Gasteiger partial charge in [0.25, 0.3) is 0 Å². The fraction of sp³-hybridized carbons (Fsp3) is 0.462. The highest BCUT2D eigenvalue weighted by atomic mass is 16.6. The quantitative estimate of drug-likeness (QED) is 0.641. The number of imidazole rings is 1. The largest absolute Gasteiger partial charge is 0.394 e. The molecule has 0 saturated carbocycles. The van der Waals surface area contributed by atoms with Crippen LogP contribution in [0.3, 0.4) is 0 Å². The van der Waals surface area contributed by atoms with Crippen LogP contribution in [0.1, 0.15) is 24.5 Å². The van der Waals surface area contributed by atoms with Gasteiger partial charge in [0.05, 0.1) is 18.6 Å². The average molecular weight is 264 g/mol. The topological polar surface area (TPSA) is 87.7 Å². The van der Waals surface area contributed by atoms with Crippen LogP contribution in [-0.4, -0.2) is 49.8 Å². The summed E-state index contributed by atoms with van der Waals surface area (Å²) in [4.78, 5) is 4.13. The molecular formula is C13H16N2O4. The smallest absolute Gasteiger partial charge is 0.165 e. The van der Waals surface area contributed by atoms with E-state index in [2.05, 4.69) is 17.5 Å². The fourth-order valence-electron chi connectivity index (χ4n) is 2.12. The van der Waals surface area contributed by atoms with Crippen molar-refractivity contribution >= 4 is 5.57 Å². The van der Waals surface area contributed by atoms with Crippen LogP contribution in [0.4, 0.5) is 0 Å². The molecule has 1 saturated heterocycles. The summed E-state index contributed by atoms with van der Waals surface area (Å²) in [7, 11) is 0. The van der Waals surface area contributed by atoms with Crippen molar-refractivity contribution in [3.63, 3.8) is 0 Å². The first-order chi connectivity index (χ1) is 9.01. The normalized spacial score (nSPS) is 30.3. The van der Waals surface area contributed by atoms with Crippen LogP contribution in [0.15, 0.2) is 12.9 Å². The van der Waals surface area contributed by atoms with Gasteiger partial charge in [-0.3, -0.25) is 4.57 Å². The highest BCUT2D eigenvalue weighted by Gasteiger charge is 2.44. The zero-order valence-corrected chi connectivity index (χ0v) is 10.5. The molecule has 3 N–H and O–H groups in total. The number of aliphatic hydroxyl groups excluding tert-OH is 3. The molecule has 1 aliphatic heterocycles. The van der Waals surface area contributed by atoms with Crippen molar-refractivity contribution in [3.05, 3.63) is 24.3 Å². The second-order valence-corrected chi connectivity index (χ2v) is 4.50. The van der Waals surface area contributed by atoms with Crippen molar-refractivity contribution in [2.24, 2.45) is 0 Å². The Kier molecular flexibility index (Phi) is 3.73. The van der Waals surface area contributed by atoms with Gasteiger partial charge in [-0.15, -0.1) is 6.42 Å². The Bertz CT molecular complexity index is 531. The third-order valence-electron chi connectivity index (χ3n) is 3.13. The SMILES string of the molecule is C#Cc1c(C(=C)C)ncn1C1OC(CO)C(O)C1O. The van der Waals surface area contributed by atoms with Gasteiger partial charge in [0.2, 0.25) is 0 Å². The number of hydrogen-bond acceptors (Lipinski definition) is 5. The van der Waals surface area contributed by atoms with Gasteiger partial charge in [-0.25, -0.2) is 4.98 Å². The average Bonchev–Trinajstić information content (AvgIpc) is 2.92. The number of aromatic nitrogens is 2. The third-order valence-corrected chi connectivity index (χ3v) is 3.13. The van der Waals surface area contributed by atoms with Gasteiger partial charge in [-0.2, -0.15) is 0 Å². The van der Waals surface area contributed by atoms with E-state index in [0.717, 1.165) is 0 Å². The van der Waals surface area contributed by atoms with Crippen LogP contribution >= 0.6 is 0 Å². The summed E-state index contributed by atoms with van der Waals surface area (Å²) in [5.41, 5.74) is 1.65. The summed E-state index contributed by atoms with van der Waals surface area (Å²) in [6, 6.07) is 0. The van der Waals surface area contributed by atoms with Gasteiger partial charge >= 0.3 is 0 Å². The lowest BCUT2D eigenvalue weighted by Crippen LogP contribution is -2.33. The van der Waals surface area contributed by atoms with Gasteiger partial charge in [-0.1, -0.05) is 6.58 Å². The van der Waals surface area contributed by atoms with E-state index in [1.165, 1.54) is 10.9 Å². The van der Waals surface area contributed by atoms with E-state index < -0.39 is 24.5 Å². The number of ether oxygens (including phenoxy) is 1. The molecule has 19 heavy (non-hydrogen) atoms. The summed E-state index contributed by atoms with van der Waals surface area (Å²) < 4.78 is 6.87. The second kappa shape index (κ2) is 5.15. The van der Waals surface area contributed by atoms with Crippen molar-refractivity contribution in [3.8, 4) is 12.3 Å². The lowest BCUT2D eigenvalue weighted by Gasteiger charge is -2.17. The molecule has 0 aromatic carbocycles. The van der Waals surface area contributed by atoms with E-state index in [0.29, 0.717) is 17.0 Å². The summed E-state index contributed by atoms with van der Waals surface area (Å²) in [5.74, 6) is 2.48. The molecule has 4 unspecified atom stereocenters. The molecule has 1 fully saturated rings. The predicted octanol–water partition coefficient (Wildman–Crippen LogP) is -0.491. The van der Waals surface area contributed by atoms with Gasteiger partial charge in [0.15, 0.2) is 6.23 Å². The molecule has 1 aliphatic rings. The molecule has 6 nitrogen and oxygen atoms in total. The molecule has 102 valence electrons. The van der Waals surface area contributed by atoms with E-state index in [1.54, 1.807) is 6.92 Å².